The van der Waals surface area contributed by atoms with E-state index in [1.165, 1.54) is 0 Å². The molecule has 122 valence electrons. The average molecular weight is 347 g/mol. The number of halogens is 1. The van der Waals surface area contributed by atoms with Gasteiger partial charge >= 0.3 is 0 Å². The third-order valence-corrected chi connectivity index (χ3v) is 3.75. The summed E-state index contributed by atoms with van der Waals surface area (Å²) in [6.45, 7) is -0.0651. The standard InChI is InChI=1S/C22H15ClO2/c23-20-14-13-19(12-11-17-7-3-1-4-8-17)22(15-20)25-16-21(24)18-9-5-2-6-10-18/h1-10,13-15H,16H2. The van der Waals surface area contributed by atoms with Gasteiger partial charge in [0.15, 0.2) is 12.4 Å². The number of ketones is 1. The molecule has 3 aromatic rings. The predicted octanol–water partition coefficient (Wildman–Crippen LogP) is 5.00. The quantitative estimate of drug-likeness (QED) is 0.491. The predicted molar refractivity (Wildman–Crippen MR) is 100 cm³/mol. The van der Waals surface area contributed by atoms with Crippen molar-refractivity contribution in [1.29, 1.82) is 0 Å². The lowest BCUT2D eigenvalue weighted by molar-refractivity contribution is 0.0921. The number of hydrogen-bond acceptors (Lipinski definition) is 2. The van der Waals surface area contributed by atoms with E-state index in [-0.39, 0.29) is 12.4 Å². The molecule has 0 saturated heterocycles. The molecule has 0 aliphatic heterocycles. The second kappa shape index (κ2) is 8.19. The summed E-state index contributed by atoms with van der Waals surface area (Å²) in [5.74, 6) is 6.56. The smallest absolute Gasteiger partial charge is 0.200 e. The second-order valence-corrected chi connectivity index (χ2v) is 5.77. The highest BCUT2D eigenvalue weighted by Crippen LogP contribution is 2.23. The van der Waals surface area contributed by atoms with Gasteiger partial charge in [0.25, 0.3) is 0 Å². The van der Waals surface area contributed by atoms with Crippen LogP contribution >= 0.6 is 11.6 Å². The molecule has 0 heterocycles. The highest BCUT2D eigenvalue weighted by molar-refractivity contribution is 6.30. The summed E-state index contributed by atoms with van der Waals surface area (Å²) in [5, 5.41) is 0.535. The number of carbonyl (C=O) groups excluding carboxylic acids is 1. The molecule has 0 aliphatic rings. The van der Waals surface area contributed by atoms with Gasteiger partial charge in [0, 0.05) is 22.2 Å². The first-order chi connectivity index (χ1) is 12.2. The van der Waals surface area contributed by atoms with Crippen molar-refractivity contribution in [2.24, 2.45) is 0 Å². The molecule has 0 N–H and O–H groups in total. The van der Waals surface area contributed by atoms with Gasteiger partial charge in [0.05, 0.1) is 5.56 Å². The summed E-state index contributed by atoms with van der Waals surface area (Å²) < 4.78 is 5.69. The molecule has 3 heteroatoms. The maximum Gasteiger partial charge on any atom is 0.200 e. The number of benzene rings is 3. The fourth-order valence-corrected chi connectivity index (χ4v) is 2.39. The zero-order valence-electron chi connectivity index (χ0n) is 13.4. The normalized spacial score (nSPS) is 9.80. The first kappa shape index (κ1) is 16.8. The summed E-state index contributed by atoms with van der Waals surface area (Å²) in [6, 6.07) is 23.9. The van der Waals surface area contributed by atoms with Crippen LogP contribution in [0, 0.1) is 11.8 Å². The Morgan fingerprint density at radius 3 is 2.28 bits per heavy atom. The Morgan fingerprint density at radius 1 is 0.880 bits per heavy atom. The molecule has 0 saturated carbocycles. The molecule has 0 aromatic heterocycles. The monoisotopic (exact) mass is 346 g/mol. The van der Waals surface area contributed by atoms with Crippen LogP contribution < -0.4 is 4.74 Å². The molecule has 0 amide bonds. The zero-order valence-corrected chi connectivity index (χ0v) is 14.2. The van der Waals surface area contributed by atoms with Gasteiger partial charge in [-0.15, -0.1) is 0 Å². The Kier molecular flexibility index (Phi) is 5.51. The van der Waals surface area contributed by atoms with Crippen LogP contribution in [0.3, 0.4) is 0 Å². The van der Waals surface area contributed by atoms with Gasteiger partial charge in [0.1, 0.15) is 5.75 Å². The highest BCUT2D eigenvalue weighted by Gasteiger charge is 2.09. The highest BCUT2D eigenvalue weighted by atomic mass is 35.5. The van der Waals surface area contributed by atoms with E-state index in [2.05, 4.69) is 11.8 Å². The molecule has 0 radical (unpaired) electrons. The molecule has 0 aliphatic carbocycles. The van der Waals surface area contributed by atoms with Crippen molar-refractivity contribution < 1.29 is 9.53 Å². The lowest BCUT2D eigenvalue weighted by atomic mass is 10.1. The SMILES string of the molecule is O=C(COc1cc(Cl)ccc1C#Cc1ccccc1)c1ccccc1. The molecular formula is C22H15ClO2. The molecular weight excluding hydrogens is 332 g/mol. The van der Waals surface area contributed by atoms with Crippen molar-refractivity contribution in [2.45, 2.75) is 0 Å². The van der Waals surface area contributed by atoms with Gasteiger partial charge < -0.3 is 4.74 Å². The van der Waals surface area contributed by atoms with Crippen LogP contribution in [0.15, 0.2) is 78.9 Å². The van der Waals surface area contributed by atoms with E-state index < -0.39 is 0 Å². The third-order valence-electron chi connectivity index (χ3n) is 3.51. The minimum atomic E-state index is -0.0949. The Labute approximate surface area is 152 Å². The molecule has 0 fully saturated rings. The van der Waals surface area contributed by atoms with E-state index in [1.807, 2.05) is 48.5 Å². The zero-order chi connectivity index (χ0) is 17.5. The van der Waals surface area contributed by atoms with Crippen molar-refractivity contribution >= 4 is 17.4 Å². The first-order valence-corrected chi connectivity index (χ1v) is 8.18. The minimum Gasteiger partial charge on any atom is -0.484 e. The van der Waals surface area contributed by atoms with Crippen molar-refractivity contribution in [3.8, 4) is 17.6 Å². The van der Waals surface area contributed by atoms with Crippen molar-refractivity contribution in [3.05, 3.63) is 101 Å². The molecule has 3 rings (SSSR count). The largest absolute Gasteiger partial charge is 0.484 e. The summed E-state index contributed by atoms with van der Waals surface area (Å²) >= 11 is 6.05. The van der Waals surface area contributed by atoms with E-state index in [9.17, 15) is 4.79 Å². The maximum absolute atomic E-state index is 12.2. The molecule has 0 atom stereocenters. The van der Waals surface area contributed by atoms with Gasteiger partial charge in [-0.2, -0.15) is 0 Å². The van der Waals surface area contributed by atoms with E-state index in [4.69, 9.17) is 16.3 Å². The number of Topliss-reactive ketones (excluding diaryl/α,β-unsaturated/α-hetero) is 1. The minimum absolute atomic E-state index is 0.0651. The van der Waals surface area contributed by atoms with Crippen LogP contribution in [0.2, 0.25) is 5.02 Å². The van der Waals surface area contributed by atoms with Crippen LogP contribution in [0.5, 0.6) is 5.75 Å². The van der Waals surface area contributed by atoms with Crippen LogP contribution in [-0.2, 0) is 0 Å². The second-order valence-electron chi connectivity index (χ2n) is 5.33. The number of carbonyl (C=O) groups is 1. The van der Waals surface area contributed by atoms with Gasteiger partial charge in [-0.3, -0.25) is 4.79 Å². The maximum atomic E-state index is 12.2. The Hall–Kier alpha value is -3.02. The van der Waals surface area contributed by atoms with Gasteiger partial charge in [0.2, 0.25) is 0 Å². The van der Waals surface area contributed by atoms with Crippen molar-refractivity contribution in [2.75, 3.05) is 6.61 Å². The van der Waals surface area contributed by atoms with E-state index in [0.717, 1.165) is 5.56 Å². The Bertz CT molecular complexity index is 922. The van der Waals surface area contributed by atoms with E-state index >= 15 is 0 Å². The molecule has 0 bridgehead atoms. The summed E-state index contributed by atoms with van der Waals surface area (Å²) in [4.78, 5) is 12.2. The van der Waals surface area contributed by atoms with Gasteiger partial charge in [-0.1, -0.05) is 72.0 Å². The van der Waals surface area contributed by atoms with Gasteiger partial charge in [-0.05, 0) is 24.3 Å². The van der Waals surface area contributed by atoms with Crippen LogP contribution in [0.4, 0.5) is 0 Å². The molecule has 2 nitrogen and oxygen atoms in total. The van der Waals surface area contributed by atoms with Crippen molar-refractivity contribution in [1.82, 2.24) is 0 Å². The van der Waals surface area contributed by atoms with E-state index in [1.54, 1.807) is 30.3 Å². The lowest BCUT2D eigenvalue weighted by Crippen LogP contribution is -2.12. The number of hydrogen-bond donors (Lipinski definition) is 0. The average Bonchev–Trinajstić information content (AvgIpc) is 2.67. The summed E-state index contributed by atoms with van der Waals surface area (Å²) in [5.41, 5.74) is 2.21. The number of rotatable bonds is 4. The number of ether oxygens (including phenoxy) is 1. The van der Waals surface area contributed by atoms with Crippen LogP contribution in [-0.4, -0.2) is 12.4 Å². The fourth-order valence-electron chi connectivity index (χ4n) is 2.23. The van der Waals surface area contributed by atoms with Crippen LogP contribution in [0.25, 0.3) is 0 Å². The summed E-state index contributed by atoms with van der Waals surface area (Å²) in [7, 11) is 0. The Morgan fingerprint density at radius 2 is 1.56 bits per heavy atom. The topological polar surface area (TPSA) is 26.3 Å². The van der Waals surface area contributed by atoms with E-state index in [0.29, 0.717) is 21.9 Å². The Balaban J connectivity index is 1.78. The first-order valence-electron chi connectivity index (χ1n) is 7.80. The fraction of sp³-hybridized carbons (Fsp3) is 0.0455. The molecule has 0 unspecified atom stereocenters. The van der Waals surface area contributed by atoms with Crippen molar-refractivity contribution in [3.63, 3.8) is 0 Å². The molecule has 3 aromatic carbocycles. The summed E-state index contributed by atoms with van der Waals surface area (Å²) in [6.07, 6.45) is 0. The lowest BCUT2D eigenvalue weighted by Gasteiger charge is -2.08. The van der Waals surface area contributed by atoms with Crippen LogP contribution in [0.1, 0.15) is 21.5 Å². The molecule has 25 heavy (non-hydrogen) atoms. The molecule has 0 spiro atoms. The van der Waals surface area contributed by atoms with Gasteiger partial charge in [-0.25, -0.2) is 0 Å². The third kappa shape index (κ3) is 4.73.